The molecule has 0 spiro atoms. The van der Waals surface area contributed by atoms with Crippen molar-refractivity contribution >= 4 is 0 Å². The zero-order chi connectivity index (χ0) is 12.2. The van der Waals surface area contributed by atoms with Gasteiger partial charge in [-0.25, -0.2) is 0 Å². The summed E-state index contributed by atoms with van der Waals surface area (Å²) < 4.78 is 0. The average Bonchev–Trinajstić information content (AvgIpc) is 2.81. The highest BCUT2D eigenvalue weighted by molar-refractivity contribution is 5.53. The van der Waals surface area contributed by atoms with Gasteiger partial charge in [0.05, 0.1) is 6.10 Å². The van der Waals surface area contributed by atoms with Crippen LogP contribution in [-0.4, -0.2) is 5.11 Å². The maximum absolute atomic E-state index is 10.1. The highest BCUT2D eigenvalue weighted by Crippen LogP contribution is 2.43. The van der Waals surface area contributed by atoms with E-state index in [1.54, 1.807) is 11.1 Å². The Morgan fingerprint density at radius 1 is 1.12 bits per heavy atom. The minimum absolute atomic E-state index is 0.211. The predicted octanol–water partition coefficient (Wildman–Crippen LogP) is 3.45. The molecule has 0 radical (unpaired) electrons. The summed E-state index contributed by atoms with van der Waals surface area (Å²) in [4.78, 5) is 0. The smallest absolute Gasteiger partial charge is 0.0796 e. The van der Waals surface area contributed by atoms with Crippen LogP contribution >= 0.6 is 0 Å². The van der Waals surface area contributed by atoms with Gasteiger partial charge in [-0.05, 0) is 65.3 Å². The first-order valence-corrected chi connectivity index (χ1v) is 6.84. The van der Waals surface area contributed by atoms with E-state index < -0.39 is 0 Å². The number of rotatable bonds is 0. The van der Waals surface area contributed by atoms with E-state index >= 15 is 0 Å². The monoisotopic (exact) mass is 230 g/mol. The van der Waals surface area contributed by atoms with E-state index in [4.69, 9.17) is 0 Å². The highest BCUT2D eigenvalue weighted by atomic mass is 16.3. The summed E-state index contributed by atoms with van der Waals surface area (Å²) in [6.45, 7) is 6.93. The largest absolute Gasteiger partial charge is 0.388 e. The Bertz CT molecular complexity index is 465. The van der Waals surface area contributed by atoms with Crippen molar-refractivity contribution in [3.63, 3.8) is 0 Å². The molecule has 1 atom stereocenters. The van der Waals surface area contributed by atoms with Crippen molar-refractivity contribution in [3.8, 4) is 0 Å². The van der Waals surface area contributed by atoms with Gasteiger partial charge in [-0.1, -0.05) is 26.8 Å². The second kappa shape index (κ2) is 3.58. The molecule has 0 saturated heterocycles. The van der Waals surface area contributed by atoms with Gasteiger partial charge in [0.1, 0.15) is 0 Å². The lowest BCUT2D eigenvalue weighted by molar-refractivity contribution is 0.180. The fourth-order valence-corrected chi connectivity index (χ4v) is 3.72. The van der Waals surface area contributed by atoms with Crippen LogP contribution in [0.4, 0.5) is 0 Å². The maximum Gasteiger partial charge on any atom is 0.0796 e. The first kappa shape index (κ1) is 11.3. The molecule has 0 aromatic heterocycles. The van der Waals surface area contributed by atoms with E-state index in [2.05, 4.69) is 26.8 Å². The first-order valence-electron chi connectivity index (χ1n) is 6.84. The van der Waals surface area contributed by atoms with Crippen LogP contribution in [0.1, 0.15) is 67.5 Å². The lowest BCUT2D eigenvalue weighted by Gasteiger charge is -2.27. The third-order valence-electron chi connectivity index (χ3n) is 4.32. The molecule has 1 aromatic rings. The van der Waals surface area contributed by atoms with Gasteiger partial charge in [0.15, 0.2) is 0 Å². The molecule has 0 saturated carbocycles. The molecule has 17 heavy (non-hydrogen) atoms. The van der Waals surface area contributed by atoms with Crippen LogP contribution in [0.3, 0.4) is 0 Å². The third kappa shape index (κ3) is 1.63. The van der Waals surface area contributed by atoms with Gasteiger partial charge in [0.25, 0.3) is 0 Å². The van der Waals surface area contributed by atoms with E-state index in [1.807, 2.05) is 0 Å². The summed E-state index contributed by atoms with van der Waals surface area (Å²) in [6, 6.07) is 2.30. The topological polar surface area (TPSA) is 20.2 Å². The van der Waals surface area contributed by atoms with Crippen LogP contribution < -0.4 is 0 Å². The number of hydrogen-bond donors (Lipinski definition) is 1. The first-order chi connectivity index (χ1) is 7.98. The van der Waals surface area contributed by atoms with Crippen molar-refractivity contribution in [1.29, 1.82) is 0 Å². The fourth-order valence-electron chi connectivity index (χ4n) is 3.72. The molecule has 1 aromatic carbocycles. The Kier molecular flexibility index (Phi) is 2.38. The zero-order valence-corrected chi connectivity index (χ0v) is 11.1. The molecule has 2 aliphatic carbocycles. The fraction of sp³-hybridized carbons (Fsp3) is 0.625. The summed E-state index contributed by atoms with van der Waals surface area (Å²) in [7, 11) is 0. The van der Waals surface area contributed by atoms with Gasteiger partial charge in [-0.2, -0.15) is 0 Å². The molecule has 1 nitrogen and oxygen atoms in total. The van der Waals surface area contributed by atoms with Gasteiger partial charge in [0, 0.05) is 0 Å². The van der Waals surface area contributed by atoms with E-state index in [9.17, 15) is 5.11 Å². The maximum atomic E-state index is 10.1. The molecule has 0 amide bonds. The molecule has 3 rings (SSSR count). The van der Waals surface area contributed by atoms with Crippen molar-refractivity contribution in [1.82, 2.24) is 0 Å². The molecule has 2 aliphatic rings. The van der Waals surface area contributed by atoms with E-state index in [-0.39, 0.29) is 11.5 Å². The molecule has 0 fully saturated rings. The van der Waals surface area contributed by atoms with Crippen LogP contribution in [0, 0.1) is 0 Å². The zero-order valence-electron chi connectivity index (χ0n) is 11.1. The Morgan fingerprint density at radius 3 is 2.59 bits per heavy atom. The van der Waals surface area contributed by atoms with Crippen molar-refractivity contribution in [2.75, 3.05) is 0 Å². The SMILES string of the molecule is CC(C)(C)c1c2c(cc3c1CCC3O)CCC2. The summed E-state index contributed by atoms with van der Waals surface area (Å²) in [5.74, 6) is 0. The standard InChI is InChI=1S/C16H22O/c1-16(2,3)15-11-6-4-5-10(11)9-13-12(15)7-8-14(13)17/h9,14,17H,4-8H2,1-3H3. The van der Waals surface area contributed by atoms with Gasteiger partial charge in [0.2, 0.25) is 0 Å². The van der Waals surface area contributed by atoms with Gasteiger partial charge in [-0.15, -0.1) is 0 Å². The van der Waals surface area contributed by atoms with Gasteiger partial charge < -0.3 is 5.11 Å². The van der Waals surface area contributed by atoms with E-state index in [1.165, 1.54) is 36.0 Å². The Hall–Kier alpha value is -0.820. The van der Waals surface area contributed by atoms with Crippen LogP contribution in [0.25, 0.3) is 0 Å². The van der Waals surface area contributed by atoms with Crippen molar-refractivity contribution in [2.24, 2.45) is 0 Å². The Morgan fingerprint density at radius 2 is 1.88 bits per heavy atom. The Labute approximate surface area is 104 Å². The molecule has 0 aliphatic heterocycles. The summed E-state index contributed by atoms with van der Waals surface area (Å²) in [5, 5.41) is 10.1. The van der Waals surface area contributed by atoms with Crippen LogP contribution in [0.15, 0.2) is 6.07 Å². The van der Waals surface area contributed by atoms with E-state index in [0.717, 1.165) is 12.8 Å². The quantitative estimate of drug-likeness (QED) is 0.723. The number of fused-ring (bicyclic) bond motifs is 2. The summed E-state index contributed by atoms with van der Waals surface area (Å²) >= 11 is 0. The van der Waals surface area contributed by atoms with Crippen molar-refractivity contribution in [3.05, 3.63) is 33.9 Å². The van der Waals surface area contributed by atoms with Crippen molar-refractivity contribution in [2.45, 2.75) is 64.4 Å². The summed E-state index contributed by atoms with van der Waals surface area (Å²) in [6.07, 6.45) is 5.51. The summed E-state index contributed by atoms with van der Waals surface area (Å²) in [5.41, 5.74) is 7.57. The Balaban J connectivity index is 2.28. The van der Waals surface area contributed by atoms with Crippen LogP contribution in [-0.2, 0) is 24.7 Å². The molecular formula is C16H22O. The van der Waals surface area contributed by atoms with Crippen LogP contribution in [0.5, 0.6) is 0 Å². The molecule has 1 heteroatoms. The molecule has 1 N–H and O–H groups in total. The second-order valence-electron chi connectivity index (χ2n) is 6.62. The number of hydrogen-bond acceptors (Lipinski definition) is 1. The van der Waals surface area contributed by atoms with Crippen molar-refractivity contribution < 1.29 is 5.11 Å². The lowest BCUT2D eigenvalue weighted by Crippen LogP contribution is -2.17. The van der Waals surface area contributed by atoms with Gasteiger partial charge >= 0.3 is 0 Å². The minimum atomic E-state index is -0.211. The molecule has 0 heterocycles. The second-order valence-corrected chi connectivity index (χ2v) is 6.62. The average molecular weight is 230 g/mol. The minimum Gasteiger partial charge on any atom is -0.388 e. The van der Waals surface area contributed by atoms with Crippen LogP contribution in [0.2, 0.25) is 0 Å². The number of benzene rings is 1. The molecule has 1 unspecified atom stereocenters. The lowest BCUT2D eigenvalue weighted by atomic mass is 9.78. The number of aliphatic hydroxyl groups excluding tert-OH is 1. The van der Waals surface area contributed by atoms with E-state index in [0.29, 0.717) is 0 Å². The number of aliphatic hydroxyl groups is 1. The predicted molar refractivity (Wildman–Crippen MR) is 70.4 cm³/mol. The molecule has 92 valence electrons. The van der Waals surface area contributed by atoms with Gasteiger partial charge in [-0.3, -0.25) is 0 Å². The molecular weight excluding hydrogens is 208 g/mol. The third-order valence-corrected chi connectivity index (χ3v) is 4.32. The number of aryl methyl sites for hydroxylation is 1. The molecule has 0 bridgehead atoms. The highest BCUT2D eigenvalue weighted by Gasteiger charge is 2.32. The normalized spacial score (nSPS) is 22.7.